The van der Waals surface area contributed by atoms with Gasteiger partial charge in [0.2, 0.25) is 0 Å². The number of halogens is 2. The van der Waals surface area contributed by atoms with Crippen LogP contribution in [0, 0.1) is 28.9 Å². The van der Waals surface area contributed by atoms with Gasteiger partial charge in [-0.25, -0.2) is 8.78 Å². The highest BCUT2D eigenvalue weighted by molar-refractivity contribution is 6.04. The Labute approximate surface area is 203 Å². The second-order valence-corrected chi connectivity index (χ2v) is 10.00. The van der Waals surface area contributed by atoms with Gasteiger partial charge in [-0.2, -0.15) is 0 Å². The van der Waals surface area contributed by atoms with Crippen molar-refractivity contribution in [1.29, 1.82) is 0 Å². The average molecular weight is 485 g/mol. The number of hydrogen-bond acceptors (Lipinski definition) is 6. The molecule has 0 bridgehead atoms. The fourth-order valence-electron chi connectivity index (χ4n) is 6.61. The molecule has 2 aromatic rings. The van der Waals surface area contributed by atoms with Crippen LogP contribution in [0.1, 0.15) is 61.6 Å². The zero-order valence-electron chi connectivity index (χ0n) is 20.2. The van der Waals surface area contributed by atoms with Crippen LogP contribution in [0.5, 0.6) is 11.5 Å². The van der Waals surface area contributed by atoms with Gasteiger partial charge < -0.3 is 19.5 Å². The quantitative estimate of drug-likeness (QED) is 0.535. The van der Waals surface area contributed by atoms with E-state index in [1.807, 2.05) is 6.07 Å². The van der Waals surface area contributed by atoms with Gasteiger partial charge in [0.1, 0.15) is 25.4 Å². The van der Waals surface area contributed by atoms with Crippen molar-refractivity contribution in [2.45, 2.75) is 51.6 Å². The van der Waals surface area contributed by atoms with Crippen LogP contribution in [-0.2, 0) is 16.3 Å². The fourth-order valence-corrected chi connectivity index (χ4v) is 6.61. The summed E-state index contributed by atoms with van der Waals surface area (Å²) in [7, 11) is 3.14. The molecule has 8 heteroatoms. The third-order valence-corrected chi connectivity index (χ3v) is 8.20. The number of benzene rings is 2. The van der Waals surface area contributed by atoms with E-state index in [2.05, 4.69) is 17.2 Å². The normalized spacial score (nSPS) is 29.5. The van der Waals surface area contributed by atoms with Crippen LogP contribution < -0.4 is 4.74 Å². The van der Waals surface area contributed by atoms with Crippen molar-refractivity contribution < 1.29 is 28.3 Å². The predicted octanol–water partition coefficient (Wildman–Crippen LogP) is 5.92. The molecule has 1 N–H and O–H groups in total. The van der Waals surface area contributed by atoms with Crippen molar-refractivity contribution in [2.75, 3.05) is 14.2 Å². The van der Waals surface area contributed by atoms with E-state index in [1.54, 1.807) is 20.3 Å². The molecule has 2 aromatic carbocycles. The van der Waals surface area contributed by atoms with Crippen LogP contribution in [0.25, 0.3) is 0 Å². The number of phenols is 1. The molecule has 0 aliphatic heterocycles. The van der Waals surface area contributed by atoms with Crippen LogP contribution in [-0.4, -0.2) is 30.7 Å². The highest BCUT2D eigenvalue weighted by Gasteiger charge is 2.54. The molecule has 2 saturated carbocycles. The van der Waals surface area contributed by atoms with E-state index in [0.717, 1.165) is 54.3 Å². The van der Waals surface area contributed by atoms with Crippen molar-refractivity contribution in [3.8, 4) is 11.5 Å². The number of nitrogens with zero attached hydrogens (tertiary/aromatic N) is 2. The number of oxime groups is 2. The van der Waals surface area contributed by atoms with E-state index in [9.17, 15) is 13.9 Å². The van der Waals surface area contributed by atoms with E-state index in [4.69, 9.17) is 14.4 Å². The maximum Gasteiger partial charge on any atom is 0.160 e. The van der Waals surface area contributed by atoms with E-state index in [1.165, 1.54) is 12.1 Å². The zero-order chi connectivity index (χ0) is 24.7. The molecule has 0 unspecified atom stereocenters. The Morgan fingerprint density at radius 1 is 1.06 bits per heavy atom. The SMILES string of the molecule is CON=C1CC[C@H]2[C@@H]3CC(=NOCc4cc(F)cc(F)c4)c4cc(O)c(OC)cc4[C@H]3CC[C@]12C. The Hall–Kier alpha value is -3.16. The van der Waals surface area contributed by atoms with Crippen molar-refractivity contribution in [3.05, 3.63) is 58.7 Å². The molecule has 0 radical (unpaired) electrons. The van der Waals surface area contributed by atoms with Crippen molar-refractivity contribution >= 4 is 11.4 Å². The number of rotatable bonds is 5. The third-order valence-electron chi connectivity index (χ3n) is 8.20. The second kappa shape index (κ2) is 9.13. The molecule has 0 heterocycles. The fraction of sp³-hybridized carbons (Fsp3) is 0.481. The Balaban J connectivity index is 1.50. The first-order chi connectivity index (χ1) is 16.8. The van der Waals surface area contributed by atoms with Gasteiger partial charge in [-0.3, -0.25) is 0 Å². The molecule has 2 fully saturated rings. The molecular weight excluding hydrogens is 454 g/mol. The van der Waals surface area contributed by atoms with Gasteiger partial charge >= 0.3 is 0 Å². The van der Waals surface area contributed by atoms with Gasteiger partial charge in [0.15, 0.2) is 11.5 Å². The Bertz CT molecular complexity index is 1180. The maximum absolute atomic E-state index is 13.6. The number of phenolic OH excluding ortho intramolecular Hbond substituents is 1. The topological polar surface area (TPSA) is 72.6 Å². The maximum atomic E-state index is 13.6. The molecule has 0 saturated heterocycles. The lowest BCUT2D eigenvalue weighted by atomic mass is 9.55. The molecule has 6 nitrogen and oxygen atoms in total. The van der Waals surface area contributed by atoms with Crippen LogP contribution in [0.3, 0.4) is 0 Å². The summed E-state index contributed by atoms with van der Waals surface area (Å²) in [5.74, 6) is 0.183. The zero-order valence-corrected chi connectivity index (χ0v) is 20.2. The minimum Gasteiger partial charge on any atom is -0.504 e. The first-order valence-electron chi connectivity index (χ1n) is 12.0. The first kappa shape index (κ1) is 23.6. The largest absolute Gasteiger partial charge is 0.504 e. The molecule has 186 valence electrons. The lowest BCUT2D eigenvalue weighted by Crippen LogP contribution is -2.43. The monoisotopic (exact) mass is 484 g/mol. The Morgan fingerprint density at radius 2 is 1.83 bits per heavy atom. The summed E-state index contributed by atoms with van der Waals surface area (Å²) >= 11 is 0. The molecule has 0 amide bonds. The number of aromatic hydroxyl groups is 1. The van der Waals surface area contributed by atoms with Crippen molar-refractivity contribution in [3.63, 3.8) is 0 Å². The predicted molar refractivity (Wildman–Crippen MR) is 128 cm³/mol. The van der Waals surface area contributed by atoms with Gasteiger partial charge in [-0.05, 0) is 85.3 Å². The summed E-state index contributed by atoms with van der Waals surface area (Å²) in [6.07, 6.45) is 4.62. The minimum atomic E-state index is -0.657. The smallest absolute Gasteiger partial charge is 0.160 e. The van der Waals surface area contributed by atoms with Gasteiger partial charge in [0.25, 0.3) is 0 Å². The van der Waals surface area contributed by atoms with E-state index in [-0.39, 0.29) is 17.8 Å². The highest BCUT2D eigenvalue weighted by Crippen LogP contribution is 2.60. The van der Waals surface area contributed by atoms with Crippen LogP contribution >= 0.6 is 0 Å². The molecule has 4 atom stereocenters. The molecule has 0 aromatic heterocycles. The van der Waals surface area contributed by atoms with Gasteiger partial charge in [0, 0.05) is 17.0 Å². The van der Waals surface area contributed by atoms with E-state index in [0.29, 0.717) is 35.5 Å². The van der Waals surface area contributed by atoms with Gasteiger partial charge in [-0.15, -0.1) is 0 Å². The molecular formula is C27H30F2N2O4. The molecule has 35 heavy (non-hydrogen) atoms. The highest BCUT2D eigenvalue weighted by atomic mass is 19.1. The Kier molecular flexibility index (Phi) is 6.15. The number of ether oxygens (including phenoxy) is 1. The third kappa shape index (κ3) is 4.13. The van der Waals surface area contributed by atoms with Crippen LogP contribution in [0.4, 0.5) is 8.78 Å². The van der Waals surface area contributed by atoms with Crippen LogP contribution in [0.15, 0.2) is 40.6 Å². The lowest BCUT2D eigenvalue weighted by molar-refractivity contribution is 0.101. The van der Waals surface area contributed by atoms with Crippen LogP contribution in [0.2, 0.25) is 0 Å². The minimum absolute atomic E-state index is 0.0270. The Morgan fingerprint density at radius 3 is 2.54 bits per heavy atom. The summed E-state index contributed by atoms with van der Waals surface area (Å²) in [6.45, 7) is 2.23. The van der Waals surface area contributed by atoms with E-state index < -0.39 is 11.6 Å². The average Bonchev–Trinajstić information content (AvgIpc) is 3.15. The summed E-state index contributed by atoms with van der Waals surface area (Å²) in [6, 6.07) is 6.89. The number of methoxy groups -OCH3 is 1. The first-order valence-corrected chi connectivity index (χ1v) is 12.0. The van der Waals surface area contributed by atoms with Crippen molar-refractivity contribution in [1.82, 2.24) is 0 Å². The van der Waals surface area contributed by atoms with E-state index >= 15 is 0 Å². The summed E-state index contributed by atoms with van der Waals surface area (Å²) in [5, 5.41) is 19.3. The number of hydrogen-bond donors (Lipinski definition) is 1. The summed E-state index contributed by atoms with van der Waals surface area (Å²) in [4.78, 5) is 10.8. The molecule has 3 aliphatic carbocycles. The van der Waals surface area contributed by atoms with Crippen molar-refractivity contribution in [2.24, 2.45) is 27.6 Å². The number of fused-ring (bicyclic) bond motifs is 5. The standard InChI is InChI=1S/C27H30F2N2O4/c1-27-7-6-18-19-13-25(33-2)24(32)12-21(19)23(11-20(18)22(27)4-5-26(27)31-34-3)30-35-14-15-8-16(28)10-17(29)9-15/h8-10,12-13,18,20,22,32H,4-7,11,14H2,1-3H3/t18-,20-,22+,27+/m1/s1. The molecule has 0 spiro atoms. The second-order valence-electron chi connectivity index (χ2n) is 10.00. The summed E-state index contributed by atoms with van der Waals surface area (Å²) < 4.78 is 32.5. The lowest BCUT2D eigenvalue weighted by Gasteiger charge is -2.49. The van der Waals surface area contributed by atoms with Gasteiger partial charge in [-0.1, -0.05) is 17.2 Å². The van der Waals surface area contributed by atoms with Gasteiger partial charge in [0.05, 0.1) is 18.5 Å². The summed E-state index contributed by atoms with van der Waals surface area (Å²) in [5.41, 5.74) is 4.11. The molecule has 3 aliphatic rings. The molecule has 5 rings (SSSR count).